The molecule has 0 heterocycles. The fourth-order valence-electron chi connectivity index (χ4n) is 1.34. The zero-order valence-electron chi connectivity index (χ0n) is 10.3. The Hall–Kier alpha value is -0.790. The number of allylic oxidation sites excluding steroid dienone is 1. The van der Waals surface area contributed by atoms with Crippen molar-refractivity contribution in [1.82, 2.24) is 0 Å². The summed E-state index contributed by atoms with van der Waals surface area (Å²) < 4.78 is 4.94. The molecule has 0 aliphatic heterocycles. The van der Waals surface area contributed by atoms with Crippen LogP contribution >= 0.6 is 0 Å². The molecule has 0 aliphatic carbocycles. The van der Waals surface area contributed by atoms with E-state index in [1.807, 2.05) is 6.08 Å². The van der Waals surface area contributed by atoms with Crippen molar-refractivity contribution < 1.29 is 9.53 Å². The van der Waals surface area contributed by atoms with Gasteiger partial charge in [0.15, 0.2) is 0 Å². The van der Waals surface area contributed by atoms with Crippen LogP contribution in [0.4, 0.5) is 0 Å². The monoisotopic (exact) mass is 212 g/mol. The van der Waals surface area contributed by atoms with Crippen LogP contribution in [-0.2, 0) is 9.53 Å². The van der Waals surface area contributed by atoms with Crippen molar-refractivity contribution >= 4 is 5.97 Å². The van der Waals surface area contributed by atoms with E-state index in [9.17, 15) is 4.79 Å². The normalized spacial score (nSPS) is 13.0. The molecule has 88 valence electrons. The van der Waals surface area contributed by atoms with E-state index >= 15 is 0 Å². The summed E-state index contributed by atoms with van der Waals surface area (Å²) in [6.45, 7) is 6.64. The molecule has 0 N–H and O–H groups in total. The summed E-state index contributed by atoms with van der Waals surface area (Å²) in [4.78, 5) is 10.8. The summed E-state index contributed by atoms with van der Waals surface area (Å²) in [5, 5.41) is 0. The number of hydrogen-bond acceptors (Lipinski definition) is 2. The van der Waals surface area contributed by atoms with Gasteiger partial charge in [0.25, 0.3) is 0 Å². The highest BCUT2D eigenvalue weighted by molar-refractivity contribution is 5.68. The largest absolute Gasteiger partial charge is 0.461 e. The molecule has 0 aromatic carbocycles. The van der Waals surface area contributed by atoms with E-state index in [2.05, 4.69) is 19.9 Å². The Labute approximate surface area is 93.7 Å². The van der Waals surface area contributed by atoms with Crippen molar-refractivity contribution in [3.05, 3.63) is 12.2 Å². The predicted molar refractivity (Wildman–Crippen MR) is 63.7 cm³/mol. The van der Waals surface area contributed by atoms with Crippen LogP contribution in [0.25, 0.3) is 0 Å². The van der Waals surface area contributed by atoms with Crippen molar-refractivity contribution in [2.45, 2.75) is 52.9 Å². The first-order chi connectivity index (χ1) is 7.20. The first kappa shape index (κ1) is 14.2. The summed E-state index contributed by atoms with van der Waals surface area (Å²) in [5.74, 6) is 0.468. The van der Waals surface area contributed by atoms with Gasteiger partial charge < -0.3 is 4.74 Å². The molecule has 15 heavy (non-hydrogen) atoms. The van der Waals surface area contributed by atoms with Crippen LogP contribution in [0.5, 0.6) is 0 Å². The van der Waals surface area contributed by atoms with Crippen LogP contribution in [0, 0.1) is 5.92 Å². The van der Waals surface area contributed by atoms with E-state index in [0.717, 1.165) is 0 Å². The highest BCUT2D eigenvalue weighted by Gasteiger charge is 1.97. The number of carbonyl (C=O) groups excluding carboxylic acids is 1. The average Bonchev–Trinajstić information content (AvgIpc) is 2.24. The molecule has 0 rings (SSSR count). The highest BCUT2D eigenvalue weighted by Crippen LogP contribution is 2.10. The molecule has 0 saturated carbocycles. The van der Waals surface area contributed by atoms with Gasteiger partial charge in [-0.3, -0.25) is 4.79 Å². The van der Waals surface area contributed by atoms with Crippen molar-refractivity contribution in [3.63, 3.8) is 0 Å². The highest BCUT2D eigenvalue weighted by atomic mass is 16.5. The van der Waals surface area contributed by atoms with Crippen molar-refractivity contribution in [2.75, 3.05) is 6.61 Å². The van der Waals surface area contributed by atoms with Crippen LogP contribution in [0.2, 0.25) is 0 Å². The molecule has 0 spiro atoms. The summed E-state index contributed by atoms with van der Waals surface area (Å²) in [7, 11) is 0. The third kappa shape index (κ3) is 9.51. The number of hydrogen-bond donors (Lipinski definition) is 0. The van der Waals surface area contributed by atoms with E-state index in [4.69, 9.17) is 4.74 Å². The molecule has 0 amide bonds. The third-order valence-corrected chi connectivity index (χ3v) is 2.36. The molecule has 0 aromatic heterocycles. The topological polar surface area (TPSA) is 26.3 Å². The fraction of sp³-hybridized carbons (Fsp3) is 0.769. The van der Waals surface area contributed by atoms with Gasteiger partial charge in [-0.05, 0) is 12.3 Å². The number of rotatable bonds is 8. The van der Waals surface area contributed by atoms with E-state index in [-0.39, 0.29) is 5.97 Å². The van der Waals surface area contributed by atoms with Gasteiger partial charge in [-0.1, -0.05) is 52.2 Å². The molecule has 0 saturated heterocycles. The maximum Gasteiger partial charge on any atom is 0.305 e. The quantitative estimate of drug-likeness (QED) is 0.348. The predicted octanol–water partition coefficient (Wildman–Crippen LogP) is 3.71. The Morgan fingerprint density at radius 2 is 2.07 bits per heavy atom. The first-order valence-corrected chi connectivity index (χ1v) is 6.03. The molecule has 0 fully saturated rings. The third-order valence-electron chi connectivity index (χ3n) is 2.36. The number of esters is 1. The van der Waals surface area contributed by atoms with E-state index in [1.165, 1.54) is 25.7 Å². The molecular weight excluding hydrogens is 188 g/mol. The number of carbonyl (C=O) groups is 1. The van der Waals surface area contributed by atoms with Crippen LogP contribution in [0.3, 0.4) is 0 Å². The molecule has 0 aromatic rings. The minimum absolute atomic E-state index is 0.127. The summed E-state index contributed by atoms with van der Waals surface area (Å²) in [5.41, 5.74) is 0. The van der Waals surface area contributed by atoms with Gasteiger partial charge in [-0.15, -0.1) is 0 Å². The van der Waals surface area contributed by atoms with Crippen molar-refractivity contribution in [2.24, 2.45) is 5.92 Å². The van der Waals surface area contributed by atoms with Crippen LogP contribution in [0.1, 0.15) is 52.9 Å². The van der Waals surface area contributed by atoms with Gasteiger partial charge in [-0.2, -0.15) is 0 Å². The minimum Gasteiger partial charge on any atom is -0.461 e. The van der Waals surface area contributed by atoms with E-state index in [1.54, 1.807) is 6.92 Å². The van der Waals surface area contributed by atoms with Crippen LogP contribution in [-0.4, -0.2) is 12.6 Å². The van der Waals surface area contributed by atoms with Crippen molar-refractivity contribution in [1.29, 1.82) is 0 Å². The zero-order chi connectivity index (χ0) is 11.5. The minimum atomic E-state index is -0.127. The molecule has 0 bridgehead atoms. The van der Waals surface area contributed by atoms with Gasteiger partial charge in [-0.25, -0.2) is 0 Å². The van der Waals surface area contributed by atoms with Crippen molar-refractivity contribution in [3.8, 4) is 0 Å². The lowest BCUT2D eigenvalue weighted by Gasteiger charge is -2.05. The summed E-state index contributed by atoms with van der Waals surface area (Å²) >= 11 is 0. The van der Waals surface area contributed by atoms with Gasteiger partial charge in [0, 0.05) is 6.42 Å². The number of ether oxygens (including phenoxy) is 1. The van der Waals surface area contributed by atoms with Gasteiger partial charge in [0.2, 0.25) is 0 Å². The SMILES string of the molecule is CCCCCC(C)/C=C/COC(=O)CC. The zero-order valence-corrected chi connectivity index (χ0v) is 10.3. The first-order valence-electron chi connectivity index (χ1n) is 6.03. The standard InChI is InChI=1S/C13H24O2/c1-4-6-7-9-12(3)10-8-11-15-13(14)5-2/h8,10,12H,4-7,9,11H2,1-3H3/b10-8+. The Balaban J connectivity index is 3.45. The van der Waals surface area contributed by atoms with E-state index in [0.29, 0.717) is 18.9 Å². The number of unbranched alkanes of at least 4 members (excludes halogenated alkanes) is 2. The molecular formula is C13H24O2. The molecule has 0 aliphatic rings. The maximum atomic E-state index is 10.8. The smallest absolute Gasteiger partial charge is 0.305 e. The van der Waals surface area contributed by atoms with Gasteiger partial charge in [0.1, 0.15) is 6.61 Å². The summed E-state index contributed by atoms with van der Waals surface area (Å²) in [6, 6.07) is 0. The Kier molecular flexibility index (Phi) is 9.24. The maximum absolute atomic E-state index is 10.8. The second kappa shape index (κ2) is 9.75. The molecule has 1 unspecified atom stereocenters. The Morgan fingerprint density at radius 3 is 2.67 bits per heavy atom. The lowest BCUT2D eigenvalue weighted by molar-refractivity contribution is -0.141. The van der Waals surface area contributed by atoms with Gasteiger partial charge in [0.05, 0.1) is 0 Å². The van der Waals surface area contributed by atoms with Gasteiger partial charge >= 0.3 is 5.97 Å². The second-order valence-corrected chi connectivity index (χ2v) is 3.94. The molecule has 2 nitrogen and oxygen atoms in total. The fourth-order valence-corrected chi connectivity index (χ4v) is 1.34. The molecule has 1 atom stereocenters. The molecule has 0 radical (unpaired) electrons. The molecule has 2 heteroatoms. The van der Waals surface area contributed by atoms with Crippen LogP contribution in [0.15, 0.2) is 12.2 Å². The second-order valence-electron chi connectivity index (χ2n) is 3.94. The lowest BCUT2D eigenvalue weighted by atomic mass is 10.0. The van der Waals surface area contributed by atoms with Crippen LogP contribution < -0.4 is 0 Å². The van der Waals surface area contributed by atoms with E-state index < -0.39 is 0 Å². The average molecular weight is 212 g/mol. The Bertz CT molecular complexity index is 185. The Morgan fingerprint density at radius 1 is 1.33 bits per heavy atom. The summed E-state index contributed by atoms with van der Waals surface area (Å²) in [6.07, 6.45) is 9.64. The lowest BCUT2D eigenvalue weighted by Crippen LogP contribution is -2.02.